The number of aromatic amines is 1. The molecule has 1 aromatic carbocycles. The second-order valence-electron chi connectivity index (χ2n) is 8.08. The van der Waals surface area contributed by atoms with Crippen molar-refractivity contribution in [1.82, 2.24) is 14.5 Å². The van der Waals surface area contributed by atoms with E-state index in [1.807, 2.05) is 6.07 Å². The summed E-state index contributed by atoms with van der Waals surface area (Å²) in [4.78, 5) is 12.7. The van der Waals surface area contributed by atoms with Gasteiger partial charge in [0.25, 0.3) is 5.91 Å². The highest BCUT2D eigenvalue weighted by Crippen LogP contribution is 2.27. The topological polar surface area (TPSA) is 95.2 Å². The molecular weight excluding hydrogens is 388 g/mol. The molecule has 7 nitrogen and oxygen atoms in total. The van der Waals surface area contributed by atoms with Gasteiger partial charge in [0.2, 0.25) is 10.0 Å². The maximum absolute atomic E-state index is 12.6. The molecule has 8 heteroatoms. The Morgan fingerprint density at radius 1 is 1.07 bits per heavy atom. The first-order valence-corrected chi connectivity index (χ1v) is 11.9. The van der Waals surface area contributed by atoms with E-state index in [0.717, 1.165) is 25.0 Å². The lowest BCUT2D eigenvalue weighted by Gasteiger charge is -2.20. The van der Waals surface area contributed by atoms with Crippen LogP contribution in [0.2, 0.25) is 0 Å². The van der Waals surface area contributed by atoms with Crippen LogP contribution in [-0.4, -0.2) is 41.9 Å². The number of H-pyrrole nitrogens is 1. The number of rotatable bonds is 6. The fourth-order valence-corrected chi connectivity index (χ4v) is 5.79. The number of aromatic nitrogens is 2. The molecule has 2 N–H and O–H groups in total. The van der Waals surface area contributed by atoms with Crippen LogP contribution < -0.4 is 5.32 Å². The van der Waals surface area contributed by atoms with E-state index in [1.165, 1.54) is 48.5 Å². The number of carbonyl (C=O) groups is 1. The summed E-state index contributed by atoms with van der Waals surface area (Å²) in [6.45, 7) is 1.12. The molecule has 1 aliphatic carbocycles. The van der Waals surface area contributed by atoms with Crippen LogP contribution in [-0.2, 0) is 16.4 Å². The molecule has 1 amide bonds. The Balaban J connectivity index is 1.37. The molecule has 4 rings (SSSR count). The molecule has 1 saturated heterocycles. The first-order chi connectivity index (χ1) is 14.0. The van der Waals surface area contributed by atoms with Crippen LogP contribution in [0.5, 0.6) is 0 Å². The third kappa shape index (κ3) is 4.70. The quantitative estimate of drug-likeness (QED) is 0.752. The number of benzene rings is 1. The number of anilines is 1. The van der Waals surface area contributed by atoms with E-state index >= 15 is 0 Å². The summed E-state index contributed by atoms with van der Waals surface area (Å²) in [6, 6.07) is 7.99. The molecule has 1 aliphatic heterocycles. The van der Waals surface area contributed by atoms with E-state index in [9.17, 15) is 13.2 Å². The van der Waals surface area contributed by atoms with Gasteiger partial charge < -0.3 is 5.32 Å². The lowest BCUT2D eigenvalue weighted by Crippen LogP contribution is -2.27. The zero-order valence-corrected chi connectivity index (χ0v) is 17.4. The van der Waals surface area contributed by atoms with Crippen molar-refractivity contribution in [3.05, 3.63) is 41.6 Å². The Kier molecular flexibility index (Phi) is 6.01. The number of carbonyl (C=O) groups excluding carboxylic acids is 1. The zero-order chi connectivity index (χ0) is 20.3. The minimum Gasteiger partial charge on any atom is -0.305 e. The van der Waals surface area contributed by atoms with Gasteiger partial charge in [-0.15, -0.1) is 0 Å². The Morgan fingerprint density at radius 2 is 1.76 bits per heavy atom. The third-order valence-electron chi connectivity index (χ3n) is 5.93. The van der Waals surface area contributed by atoms with Crippen LogP contribution in [0.25, 0.3) is 0 Å². The van der Waals surface area contributed by atoms with Crippen molar-refractivity contribution in [2.45, 2.75) is 56.3 Å². The Bertz CT molecular complexity index is 941. The van der Waals surface area contributed by atoms with Crippen LogP contribution in [0.4, 0.5) is 5.82 Å². The largest absolute Gasteiger partial charge is 0.305 e. The van der Waals surface area contributed by atoms with Gasteiger partial charge in [-0.05, 0) is 49.4 Å². The number of nitrogens with zero attached hydrogens (tertiary/aromatic N) is 2. The average molecular weight is 417 g/mol. The molecule has 29 heavy (non-hydrogen) atoms. The highest BCUT2D eigenvalue weighted by Gasteiger charge is 2.27. The molecule has 0 unspecified atom stereocenters. The fraction of sp³-hybridized carbons (Fsp3) is 0.524. The number of sulfonamides is 1. The van der Waals surface area contributed by atoms with Crippen molar-refractivity contribution < 1.29 is 13.2 Å². The summed E-state index contributed by atoms with van der Waals surface area (Å²) in [7, 11) is -3.47. The summed E-state index contributed by atoms with van der Waals surface area (Å²) in [5.74, 6) is 0.887. The zero-order valence-electron chi connectivity index (χ0n) is 16.6. The number of nitrogens with one attached hydrogen (secondary N) is 2. The highest BCUT2D eigenvalue weighted by molar-refractivity contribution is 7.89. The first kappa shape index (κ1) is 20.1. The third-order valence-corrected chi connectivity index (χ3v) is 7.84. The molecule has 2 heterocycles. The SMILES string of the molecule is O=C(Nc1cc(CC2CCCCC2)[nH]n1)c1ccc(S(=O)(=O)N2CCCC2)cc1. The van der Waals surface area contributed by atoms with Crippen molar-refractivity contribution in [1.29, 1.82) is 0 Å². The Morgan fingerprint density at radius 3 is 2.45 bits per heavy atom. The maximum atomic E-state index is 12.6. The molecule has 156 valence electrons. The lowest BCUT2D eigenvalue weighted by atomic mass is 9.86. The van der Waals surface area contributed by atoms with Gasteiger partial charge in [-0.1, -0.05) is 32.1 Å². The summed E-state index contributed by atoms with van der Waals surface area (Å²) in [5.41, 5.74) is 1.45. The Hall–Kier alpha value is -2.19. The highest BCUT2D eigenvalue weighted by atomic mass is 32.2. The van der Waals surface area contributed by atoms with Gasteiger partial charge in [0.1, 0.15) is 0 Å². The van der Waals surface area contributed by atoms with Gasteiger partial charge >= 0.3 is 0 Å². The standard InChI is InChI=1S/C21H28N4O3S/c26-21(22-20-15-18(23-24-20)14-16-6-2-1-3-7-16)17-8-10-19(11-9-17)29(27,28)25-12-4-5-13-25/h8-11,15-16H,1-7,12-14H2,(H2,22,23,24,26). The smallest absolute Gasteiger partial charge is 0.256 e. The molecule has 0 spiro atoms. The van der Waals surface area contributed by atoms with Gasteiger partial charge in [-0.3, -0.25) is 9.89 Å². The maximum Gasteiger partial charge on any atom is 0.256 e. The van der Waals surface area contributed by atoms with E-state index in [-0.39, 0.29) is 10.8 Å². The van der Waals surface area contributed by atoms with Gasteiger partial charge in [0.05, 0.1) is 4.90 Å². The predicted molar refractivity (Wildman–Crippen MR) is 111 cm³/mol. The number of hydrogen-bond acceptors (Lipinski definition) is 4. The van der Waals surface area contributed by atoms with Crippen molar-refractivity contribution in [2.75, 3.05) is 18.4 Å². The van der Waals surface area contributed by atoms with Gasteiger partial charge in [0, 0.05) is 30.4 Å². The van der Waals surface area contributed by atoms with E-state index in [4.69, 9.17) is 0 Å². The van der Waals surface area contributed by atoms with E-state index < -0.39 is 10.0 Å². The number of hydrogen-bond donors (Lipinski definition) is 2. The average Bonchev–Trinajstić information content (AvgIpc) is 3.42. The van der Waals surface area contributed by atoms with E-state index in [2.05, 4.69) is 15.5 Å². The van der Waals surface area contributed by atoms with Crippen LogP contribution in [0.3, 0.4) is 0 Å². The Labute approximate surface area is 171 Å². The van der Waals surface area contributed by atoms with Crippen molar-refractivity contribution in [3.63, 3.8) is 0 Å². The van der Waals surface area contributed by atoms with Crippen LogP contribution in [0.15, 0.2) is 35.2 Å². The van der Waals surface area contributed by atoms with Crippen molar-refractivity contribution >= 4 is 21.7 Å². The van der Waals surface area contributed by atoms with Crippen molar-refractivity contribution in [3.8, 4) is 0 Å². The summed E-state index contributed by atoms with van der Waals surface area (Å²) in [6.07, 6.45) is 9.20. The predicted octanol–water partition coefficient (Wildman–Crippen LogP) is 3.57. The summed E-state index contributed by atoms with van der Waals surface area (Å²) in [5, 5.41) is 10.0. The van der Waals surface area contributed by atoms with Crippen molar-refractivity contribution in [2.24, 2.45) is 5.92 Å². The molecular formula is C21H28N4O3S. The molecule has 1 saturated carbocycles. The first-order valence-electron chi connectivity index (χ1n) is 10.5. The van der Waals surface area contributed by atoms with E-state index in [1.54, 1.807) is 12.1 Å². The summed E-state index contributed by atoms with van der Waals surface area (Å²) < 4.78 is 26.7. The van der Waals surface area contributed by atoms with Gasteiger partial charge in [-0.25, -0.2) is 8.42 Å². The lowest BCUT2D eigenvalue weighted by molar-refractivity contribution is 0.102. The van der Waals surface area contributed by atoms with Gasteiger partial charge in [0.15, 0.2) is 5.82 Å². The van der Waals surface area contributed by atoms with Crippen LogP contribution in [0, 0.1) is 5.92 Å². The van der Waals surface area contributed by atoms with Crippen LogP contribution >= 0.6 is 0 Å². The molecule has 2 fully saturated rings. The second-order valence-corrected chi connectivity index (χ2v) is 10.0. The number of amides is 1. The fourth-order valence-electron chi connectivity index (χ4n) is 4.28. The normalized spacial score (nSPS) is 18.8. The molecule has 0 atom stereocenters. The molecule has 2 aromatic rings. The molecule has 2 aliphatic rings. The molecule has 1 aromatic heterocycles. The summed E-state index contributed by atoms with van der Waals surface area (Å²) >= 11 is 0. The minimum atomic E-state index is -3.47. The van der Waals surface area contributed by atoms with E-state index in [0.29, 0.717) is 30.4 Å². The van der Waals surface area contributed by atoms with Crippen LogP contribution in [0.1, 0.15) is 61.0 Å². The van der Waals surface area contributed by atoms with Gasteiger partial charge in [-0.2, -0.15) is 9.40 Å². The monoisotopic (exact) mass is 416 g/mol. The molecule has 0 bridgehead atoms. The minimum absolute atomic E-state index is 0.227. The second kappa shape index (κ2) is 8.67. The molecule has 0 radical (unpaired) electrons.